The number of aryl methyl sites for hydroxylation is 1. The first-order valence-corrected chi connectivity index (χ1v) is 5.08. The number of terminal acetylenes is 1. The molecule has 0 unspecified atom stereocenters. The molecule has 1 aromatic carbocycles. The highest BCUT2D eigenvalue weighted by atomic mass is 35.5. The standard InChI is InChI=1S/C12H14ClNO/c1-4-5-6-14-11-7-9(2)10(13)8-12(11)15-3/h1,7-8,14H,5-6H2,2-3H3. The number of methoxy groups -OCH3 is 1. The summed E-state index contributed by atoms with van der Waals surface area (Å²) >= 11 is 5.99. The van der Waals surface area contributed by atoms with Crippen molar-refractivity contribution in [3.63, 3.8) is 0 Å². The molecule has 80 valence electrons. The lowest BCUT2D eigenvalue weighted by molar-refractivity contribution is 0.416. The summed E-state index contributed by atoms with van der Waals surface area (Å²) in [4.78, 5) is 0. The maximum absolute atomic E-state index is 5.99. The van der Waals surface area contributed by atoms with Gasteiger partial charge in [-0.05, 0) is 18.6 Å². The molecule has 0 atom stereocenters. The molecule has 0 amide bonds. The maximum atomic E-state index is 5.99. The molecule has 0 aromatic heterocycles. The zero-order valence-corrected chi connectivity index (χ0v) is 9.69. The molecule has 0 saturated carbocycles. The van der Waals surface area contributed by atoms with Crippen LogP contribution in [-0.2, 0) is 0 Å². The van der Waals surface area contributed by atoms with Crippen molar-refractivity contribution in [1.29, 1.82) is 0 Å². The Balaban J connectivity index is 2.86. The Labute approximate surface area is 95.6 Å². The number of anilines is 1. The van der Waals surface area contributed by atoms with E-state index in [1.807, 2.05) is 13.0 Å². The van der Waals surface area contributed by atoms with Crippen LogP contribution in [0.25, 0.3) is 0 Å². The molecule has 0 bridgehead atoms. The molecule has 1 N–H and O–H groups in total. The normalized spacial score (nSPS) is 9.47. The molecule has 0 heterocycles. The monoisotopic (exact) mass is 223 g/mol. The highest BCUT2D eigenvalue weighted by molar-refractivity contribution is 6.31. The molecular formula is C12H14ClNO. The molecule has 2 nitrogen and oxygen atoms in total. The Morgan fingerprint density at radius 1 is 1.53 bits per heavy atom. The van der Waals surface area contributed by atoms with Crippen LogP contribution in [0.4, 0.5) is 5.69 Å². The van der Waals surface area contributed by atoms with Crippen LogP contribution >= 0.6 is 11.6 Å². The average Bonchev–Trinajstić information content (AvgIpc) is 2.23. The van der Waals surface area contributed by atoms with E-state index in [-0.39, 0.29) is 0 Å². The molecule has 1 aromatic rings. The van der Waals surface area contributed by atoms with Crippen molar-refractivity contribution in [1.82, 2.24) is 0 Å². The summed E-state index contributed by atoms with van der Waals surface area (Å²) in [5.41, 5.74) is 1.94. The number of hydrogen-bond donors (Lipinski definition) is 1. The second-order valence-electron chi connectivity index (χ2n) is 3.18. The maximum Gasteiger partial charge on any atom is 0.143 e. The molecule has 0 radical (unpaired) electrons. The van der Waals surface area contributed by atoms with E-state index in [2.05, 4.69) is 11.2 Å². The van der Waals surface area contributed by atoms with Crippen LogP contribution in [0.1, 0.15) is 12.0 Å². The van der Waals surface area contributed by atoms with Crippen LogP contribution in [0, 0.1) is 19.3 Å². The fourth-order valence-electron chi connectivity index (χ4n) is 1.24. The lowest BCUT2D eigenvalue weighted by Gasteiger charge is -2.12. The van der Waals surface area contributed by atoms with Crippen LogP contribution in [0.15, 0.2) is 12.1 Å². The average molecular weight is 224 g/mol. The van der Waals surface area contributed by atoms with Crippen molar-refractivity contribution in [3.05, 3.63) is 22.7 Å². The van der Waals surface area contributed by atoms with Crippen LogP contribution in [0.3, 0.4) is 0 Å². The van der Waals surface area contributed by atoms with Crippen molar-refractivity contribution in [2.45, 2.75) is 13.3 Å². The number of ether oxygens (including phenoxy) is 1. The number of rotatable bonds is 4. The Kier molecular flexibility index (Phi) is 4.33. The number of halogens is 1. The highest BCUT2D eigenvalue weighted by Gasteiger charge is 2.05. The van der Waals surface area contributed by atoms with Gasteiger partial charge in [-0.15, -0.1) is 12.3 Å². The van der Waals surface area contributed by atoms with Gasteiger partial charge in [0.15, 0.2) is 0 Å². The summed E-state index contributed by atoms with van der Waals surface area (Å²) in [6, 6.07) is 3.76. The van der Waals surface area contributed by atoms with Crippen LogP contribution in [0.5, 0.6) is 5.75 Å². The molecule has 0 aliphatic rings. The second-order valence-corrected chi connectivity index (χ2v) is 3.59. The first-order valence-electron chi connectivity index (χ1n) is 4.70. The van der Waals surface area contributed by atoms with Gasteiger partial charge in [0.1, 0.15) is 5.75 Å². The van der Waals surface area contributed by atoms with E-state index in [4.69, 9.17) is 22.8 Å². The first-order chi connectivity index (χ1) is 7.19. The minimum atomic E-state index is 0.685. The van der Waals surface area contributed by atoms with Gasteiger partial charge in [0.25, 0.3) is 0 Å². The van der Waals surface area contributed by atoms with Gasteiger partial charge >= 0.3 is 0 Å². The topological polar surface area (TPSA) is 21.3 Å². The summed E-state index contributed by atoms with van der Waals surface area (Å²) in [6.07, 6.45) is 5.86. The van der Waals surface area contributed by atoms with E-state index in [9.17, 15) is 0 Å². The lowest BCUT2D eigenvalue weighted by Crippen LogP contribution is -2.02. The van der Waals surface area contributed by atoms with E-state index in [1.165, 1.54) is 0 Å². The molecule has 1 rings (SSSR count). The fraction of sp³-hybridized carbons (Fsp3) is 0.333. The third kappa shape index (κ3) is 3.07. The van der Waals surface area contributed by atoms with Crippen molar-refractivity contribution < 1.29 is 4.74 Å². The molecule has 0 fully saturated rings. The third-order valence-electron chi connectivity index (χ3n) is 2.07. The Morgan fingerprint density at radius 2 is 2.27 bits per heavy atom. The van der Waals surface area contributed by atoms with Gasteiger partial charge in [-0.3, -0.25) is 0 Å². The van der Waals surface area contributed by atoms with Crippen LogP contribution < -0.4 is 10.1 Å². The summed E-state index contributed by atoms with van der Waals surface area (Å²) in [7, 11) is 1.62. The van der Waals surface area contributed by atoms with Crippen LogP contribution in [-0.4, -0.2) is 13.7 Å². The van der Waals surface area contributed by atoms with Crippen molar-refractivity contribution in [2.24, 2.45) is 0 Å². The Hall–Kier alpha value is -1.33. The zero-order valence-electron chi connectivity index (χ0n) is 8.93. The molecule has 0 spiro atoms. The molecule has 15 heavy (non-hydrogen) atoms. The van der Waals surface area contributed by atoms with Crippen molar-refractivity contribution in [2.75, 3.05) is 19.0 Å². The van der Waals surface area contributed by atoms with E-state index in [1.54, 1.807) is 13.2 Å². The smallest absolute Gasteiger partial charge is 0.143 e. The minimum absolute atomic E-state index is 0.685. The number of benzene rings is 1. The number of hydrogen-bond acceptors (Lipinski definition) is 2. The van der Waals surface area contributed by atoms with Gasteiger partial charge in [0, 0.05) is 24.1 Å². The zero-order chi connectivity index (χ0) is 11.3. The van der Waals surface area contributed by atoms with E-state index >= 15 is 0 Å². The quantitative estimate of drug-likeness (QED) is 0.626. The van der Waals surface area contributed by atoms with Gasteiger partial charge in [0.05, 0.1) is 12.8 Å². The molecular weight excluding hydrogens is 210 g/mol. The second kappa shape index (κ2) is 5.53. The SMILES string of the molecule is C#CCCNc1cc(C)c(Cl)cc1OC. The van der Waals surface area contributed by atoms with Gasteiger partial charge in [-0.1, -0.05) is 11.6 Å². The van der Waals surface area contributed by atoms with Gasteiger partial charge < -0.3 is 10.1 Å². The fourth-order valence-corrected chi connectivity index (χ4v) is 1.39. The van der Waals surface area contributed by atoms with Crippen molar-refractivity contribution in [3.8, 4) is 18.1 Å². The predicted molar refractivity (Wildman–Crippen MR) is 64.7 cm³/mol. The molecule has 3 heteroatoms. The van der Waals surface area contributed by atoms with Gasteiger partial charge in [0.2, 0.25) is 0 Å². The minimum Gasteiger partial charge on any atom is -0.495 e. The first kappa shape index (κ1) is 11.7. The van der Waals surface area contributed by atoms with Crippen molar-refractivity contribution >= 4 is 17.3 Å². The Bertz CT molecular complexity index is 382. The third-order valence-corrected chi connectivity index (χ3v) is 2.47. The summed E-state index contributed by atoms with van der Waals surface area (Å²) in [5, 5.41) is 3.91. The number of nitrogens with one attached hydrogen (secondary N) is 1. The van der Waals surface area contributed by atoms with Gasteiger partial charge in [-0.25, -0.2) is 0 Å². The van der Waals surface area contributed by atoms with E-state index in [0.29, 0.717) is 11.4 Å². The molecule has 0 aliphatic heterocycles. The molecule has 0 saturated heterocycles. The summed E-state index contributed by atoms with van der Waals surface area (Å²) < 4.78 is 5.21. The van der Waals surface area contributed by atoms with Gasteiger partial charge in [-0.2, -0.15) is 0 Å². The highest BCUT2D eigenvalue weighted by Crippen LogP contribution is 2.30. The Morgan fingerprint density at radius 3 is 2.87 bits per heavy atom. The summed E-state index contributed by atoms with van der Waals surface area (Å²) in [6.45, 7) is 2.68. The van der Waals surface area contributed by atoms with Crippen LogP contribution in [0.2, 0.25) is 5.02 Å². The summed E-state index contributed by atoms with van der Waals surface area (Å²) in [5.74, 6) is 3.31. The largest absolute Gasteiger partial charge is 0.495 e. The molecule has 0 aliphatic carbocycles. The predicted octanol–water partition coefficient (Wildman–Crippen LogP) is 3.09. The van der Waals surface area contributed by atoms with E-state index in [0.717, 1.165) is 23.5 Å². The lowest BCUT2D eigenvalue weighted by atomic mass is 10.2. The van der Waals surface area contributed by atoms with E-state index < -0.39 is 0 Å².